The molecule has 1 saturated heterocycles. The molecule has 2 aromatic heterocycles. The minimum Gasteiger partial charge on any atom is -0.336 e. The molecular weight excluding hydrogens is 500 g/mol. The summed E-state index contributed by atoms with van der Waals surface area (Å²) in [5.41, 5.74) is -1.91. The molecule has 3 aliphatic rings. The van der Waals surface area contributed by atoms with E-state index in [9.17, 15) is 19.2 Å². The van der Waals surface area contributed by atoms with Gasteiger partial charge in [0.2, 0.25) is 11.8 Å². The summed E-state index contributed by atoms with van der Waals surface area (Å²) in [5.74, 6) is -1.34. The Morgan fingerprint density at radius 1 is 1.26 bits per heavy atom. The molecule has 0 radical (unpaired) electrons. The number of thioether (sulfide) groups is 1. The van der Waals surface area contributed by atoms with Gasteiger partial charge in [-0.2, -0.15) is 5.26 Å². The second-order valence-electron chi connectivity index (χ2n) is 8.99. The molecule has 1 N–H and O–H groups in total. The molecule has 2 atom stereocenters. The van der Waals surface area contributed by atoms with Crippen molar-refractivity contribution in [2.45, 2.75) is 59.4 Å². The van der Waals surface area contributed by atoms with E-state index in [0.717, 1.165) is 6.07 Å². The second kappa shape index (κ2) is 8.67. The lowest BCUT2D eigenvalue weighted by atomic mass is 9.98. The Morgan fingerprint density at radius 3 is 2.65 bits per heavy atom. The Hall–Kier alpha value is -2.41. The van der Waals surface area contributed by atoms with Crippen LogP contribution in [0.4, 0.5) is 4.39 Å². The molecule has 3 heterocycles. The maximum Gasteiger partial charge on any atom is 0.244 e. The molecular formula is C23H20Cl2FN5O2S. The average molecular weight is 520 g/mol. The number of nitriles is 1. The number of pyridine rings is 2. The maximum atomic E-state index is 14.7. The summed E-state index contributed by atoms with van der Waals surface area (Å²) in [4.78, 5) is 37.0. The highest BCUT2D eigenvalue weighted by Gasteiger charge is 2.59. The van der Waals surface area contributed by atoms with E-state index in [-0.39, 0.29) is 34.3 Å². The zero-order valence-corrected chi connectivity index (χ0v) is 20.3. The van der Waals surface area contributed by atoms with Gasteiger partial charge in [0.1, 0.15) is 22.4 Å². The monoisotopic (exact) mass is 519 g/mol. The maximum absolute atomic E-state index is 14.7. The first-order valence-electron chi connectivity index (χ1n) is 10.9. The highest BCUT2D eigenvalue weighted by atomic mass is 35.5. The highest BCUT2D eigenvalue weighted by molar-refractivity contribution is 8.00. The number of hydrogen-bond acceptors (Lipinski definition) is 6. The normalized spacial score (nSPS) is 23.8. The molecule has 2 aromatic rings. The largest absolute Gasteiger partial charge is 0.336 e. The van der Waals surface area contributed by atoms with Crippen LogP contribution >= 0.6 is 35.0 Å². The standard InChI is InChI=1S/C23H20Cl2FN5O2S/c24-13-8-16(26)18(29-10-13)23(5-6-23)21(33)31-11-14(34-20-15(25)2-1-7-28-20)9-17(31)19(32)30-22(12-27)3-4-22/h1-2,7-8,10,14,17H,3-6,9,11H2,(H,30,32). The van der Waals surface area contributed by atoms with Gasteiger partial charge in [-0.25, -0.2) is 9.37 Å². The van der Waals surface area contributed by atoms with Gasteiger partial charge in [-0.15, -0.1) is 0 Å². The van der Waals surface area contributed by atoms with Crippen molar-refractivity contribution in [3.8, 4) is 6.07 Å². The third-order valence-electron chi connectivity index (χ3n) is 6.58. The van der Waals surface area contributed by atoms with Crippen molar-refractivity contribution in [3.63, 3.8) is 0 Å². The van der Waals surface area contributed by atoms with Crippen LogP contribution in [0.15, 0.2) is 35.6 Å². The summed E-state index contributed by atoms with van der Waals surface area (Å²) in [7, 11) is 0. The number of carbonyl (C=O) groups is 2. The van der Waals surface area contributed by atoms with Crippen molar-refractivity contribution in [3.05, 3.63) is 52.1 Å². The average Bonchev–Trinajstić information content (AvgIpc) is 3.73. The second-order valence-corrected chi connectivity index (χ2v) is 11.1. The summed E-state index contributed by atoms with van der Waals surface area (Å²) in [5, 5.41) is 13.3. The molecule has 7 nitrogen and oxygen atoms in total. The molecule has 2 amide bonds. The number of hydrogen-bond donors (Lipinski definition) is 1. The van der Waals surface area contributed by atoms with E-state index >= 15 is 0 Å². The van der Waals surface area contributed by atoms with E-state index in [1.165, 1.54) is 22.9 Å². The number of rotatable bonds is 6. The van der Waals surface area contributed by atoms with Crippen LogP contribution in [0, 0.1) is 17.1 Å². The molecule has 3 fully saturated rings. The SMILES string of the molecule is N#CC1(NC(=O)C2CC(Sc3ncccc3Cl)CN2C(=O)C2(c3ncc(Cl)cc3F)CC2)CC1. The van der Waals surface area contributed by atoms with Gasteiger partial charge in [-0.05, 0) is 50.3 Å². The van der Waals surface area contributed by atoms with Crippen LogP contribution in [-0.2, 0) is 15.0 Å². The van der Waals surface area contributed by atoms with Crippen LogP contribution in [0.1, 0.15) is 37.8 Å². The van der Waals surface area contributed by atoms with Gasteiger partial charge in [0, 0.05) is 24.2 Å². The Labute approximate surface area is 210 Å². The van der Waals surface area contributed by atoms with E-state index in [1.807, 2.05) is 0 Å². The molecule has 0 spiro atoms. The third kappa shape index (κ3) is 4.23. The van der Waals surface area contributed by atoms with Crippen molar-refractivity contribution < 1.29 is 14.0 Å². The Kier molecular flexibility index (Phi) is 5.95. The Balaban J connectivity index is 1.42. The van der Waals surface area contributed by atoms with Crippen LogP contribution < -0.4 is 5.32 Å². The van der Waals surface area contributed by atoms with Gasteiger partial charge < -0.3 is 10.2 Å². The molecule has 1 aliphatic heterocycles. The summed E-state index contributed by atoms with van der Waals surface area (Å²) in [6, 6.07) is 5.98. The zero-order valence-electron chi connectivity index (χ0n) is 17.9. The van der Waals surface area contributed by atoms with Crippen molar-refractivity contribution in [2.24, 2.45) is 0 Å². The zero-order chi connectivity index (χ0) is 24.1. The Morgan fingerprint density at radius 2 is 2.03 bits per heavy atom. The fourth-order valence-electron chi connectivity index (χ4n) is 4.40. The molecule has 2 unspecified atom stereocenters. The predicted octanol–water partition coefficient (Wildman–Crippen LogP) is 3.89. The van der Waals surface area contributed by atoms with Crippen molar-refractivity contribution in [2.75, 3.05) is 6.54 Å². The number of halogens is 3. The van der Waals surface area contributed by atoms with Crippen molar-refractivity contribution in [1.82, 2.24) is 20.2 Å². The highest BCUT2D eigenvalue weighted by Crippen LogP contribution is 2.51. The smallest absolute Gasteiger partial charge is 0.244 e. The van der Waals surface area contributed by atoms with Crippen molar-refractivity contribution in [1.29, 1.82) is 5.26 Å². The van der Waals surface area contributed by atoms with Crippen LogP contribution in [0.3, 0.4) is 0 Å². The topological polar surface area (TPSA) is 99.0 Å². The van der Waals surface area contributed by atoms with Crippen LogP contribution in [0.5, 0.6) is 0 Å². The summed E-state index contributed by atoms with van der Waals surface area (Å²) in [6.45, 7) is 0.269. The first-order chi connectivity index (χ1) is 16.3. The predicted molar refractivity (Wildman–Crippen MR) is 125 cm³/mol. The molecule has 0 bridgehead atoms. The molecule has 5 rings (SSSR count). The van der Waals surface area contributed by atoms with E-state index in [2.05, 4.69) is 21.4 Å². The van der Waals surface area contributed by atoms with E-state index < -0.39 is 22.8 Å². The minimum absolute atomic E-state index is 0.0561. The van der Waals surface area contributed by atoms with Gasteiger partial charge in [0.05, 0.1) is 27.2 Å². The molecule has 34 heavy (non-hydrogen) atoms. The fourth-order valence-corrected chi connectivity index (χ4v) is 5.93. The summed E-state index contributed by atoms with van der Waals surface area (Å²) >= 11 is 13.5. The lowest BCUT2D eigenvalue weighted by molar-refractivity contribution is -0.140. The molecule has 2 saturated carbocycles. The number of nitrogens with one attached hydrogen (secondary N) is 1. The van der Waals surface area contributed by atoms with Gasteiger partial charge in [-0.3, -0.25) is 14.6 Å². The number of amides is 2. The number of nitrogens with zero attached hydrogens (tertiary/aromatic N) is 4. The summed E-state index contributed by atoms with van der Waals surface area (Å²) in [6.07, 6.45) is 5.37. The fraction of sp³-hybridized carbons (Fsp3) is 0.435. The summed E-state index contributed by atoms with van der Waals surface area (Å²) < 4.78 is 14.7. The lowest BCUT2D eigenvalue weighted by Gasteiger charge is -2.28. The van der Waals surface area contributed by atoms with Crippen LogP contribution in [0.25, 0.3) is 0 Å². The molecule has 0 aromatic carbocycles. The van der Waals surface area contributed by atoms with Gasteiger partial charge >= 0.3 is 0 Å². The van der Waals surface area contributed by atoms with Gasteiger partial charge in [0.25, 0.3) is 0 Å². The third-order valence-corrected chi connectivity index (χ3v) is 8.42. The molecule has 176 valence electrons. The first-order valence-corrected chi connectivity index (χ1v) is 12.5. The molecule has 11 heteroatoms. The lowest BCUT2D eigenvalue weighted by Crippen LogP contribution is -2.51. The minimum atomic E-state index is -1.11. The van der Waals surface area contributed by atoms with Gasteiger partial charge in [-0.1, -0.05) is 35.0 Å². The molecule has 2 aliphatic carbocycles. The van der Waals surface area contributed by atoms with Crippen molar-refractivity contribution >= 4 is 46.8 Å². The first kappa shape index (κ1) is 23.3. The Bertz CT molecular complexity index is 1210. The van der Waals surface area contributed by atoms with E-state index in [0.29, 0.717) is 42.2 Å². The van der Waals surface area contributed by atoms with E-state index in [1.54, 1.807) is 18.3 Å². The number of aromatic nitrogens is 2. The quantitative estimate of drug-likeness (QED) is 0.621. The van der Waals surface area contributed by atoms with Crippen LogP contribution in [0.2, 0.25) is 10.0 Å². The van der Waals surface area contributed by atoms with Gasteiger partial charge in [0.15, 0.2) is 0 Å². The number of carbonyl (C=O) groups excluding carboxylic acids is 2. The van der Waals surface area contributed by atoms with Crippen LogP contribution in [-0.4, -0.2) is 50.1 Å². The van der Waals surface area contributed by atoms with E-state index in [4.69, 9.17) is 23.2 Å². The number of likely N-dealkylation sites (tertiary alicyclic amines) is 1.